The summed E-state index contributed by atoms with van der Waals surface area (Å²) in [7, 11) is 0. The molecule has 0 aliphatic carbocycles. The van der Waals surface area contributed by atoms with Gasteiger partial charge in [-0.25, -0.2) is 9.97 Å². The maximum atomic E-state index is 9.62. The van der Waals surface area contributed by atoms with Crippen LogP contribution in [-0.4, -0.2) is 27.2 Å². The summed E-state index contributed by atoms with van der Waals surface area (Å²) in [5, 5.41) is 14.0. The summed E-state index contributed by atoms with van der Waals surface area (Å²) in [5.74, 6) is 1.52. The van der Waals surface area contributed by atoms with Crippen LogP contribution < -0.4 is 5.32 Å². The van der Waals surface area contributed by atoms with Crippen molar-refractivity contribution in [2.75, 3.05) is 11.9 Å². The van der Waals surface area contributed by atoms with Crippen LogP contribution in [-0.2, 0) is 0 Å². The zero-order chi connectivity index (χ0) is 17.5. The fraction of sp³-hybridized carbons (Fsp3) is 0.368. The van der Waals surface area contributed by atoms with Crippen LogP contribution in [0.3, 0.4) is 0 Å². The van der Waals surface area contributed by atoms with Gasteiger partial charge < -0.3 is 10.4 Å². The molecule has 0 atom stereocenters. The van der Waals surface area contributed by atoms with E-state index in [-0.39, 0.29) is 6.61 Å². The molecule has 3 rings (SSSR count). The molecule has 3 aromatic rings. The average Bonchev–Trinajstić information content (AvgIpc) is 2.84. The highest BCUT2D eigenvalue weighted by atomic mass is 32.1. The molecular weight excluding hydrogens is 318 g/mol. The number of aromatic nitrogens is 2. The van der Waals surface area contributed by atoms with E-state index in [0.29, 0.717) is 0 Å². The third-order valence-corrected chi connectivity index (χ3v) is 5.03. The molecule has 5 heteroatoms. The van der Waals surface area contributed by atoms with Crippen LogP contribution in [0.25, 0.3) is 21.3 Å². The summed E-state index contributed by atoms with van der Waals surface area (Å²) < 4.78 is 0. The minimum atomic E-state index is -0.450. The van der Waals surface area contributed by atoms with Crippen LogP contribution in [0, 0.1) is 20.8 Å². The molecular formula is C19H23N3OS. The van der Waals surface area contributed by atoms with E-state index in [4.69, 9.17) is 0 Å². The molecule has 0 aliphatic heterocycles. The van der Waals surface area contributed by atoms with Gasteiger partial charge in [0.25, 0.3) is 0 Å². The fourth-order valence-corrected chi connectivity index (χ4v) is 3.83. The largest absolute Gasteiger partial charge is 0.394 e. The Balaban J connectivity index is 2.26. The smallest absolute Gasteiger partial charge is 0.139 e. The van der Waals surface area contributed by atoms with Crippen LogP contribution in [0.2, 0.25) is 0 Å². The van der Waals surface area contributed by atoms with Crippen molar-refractivity contribution < 1.29 is 5.11 Å². The highest BCUT2D eigenvalue weighted by Gasteiger charge is 2.22. The van der Waals surface area contributed by atoms with Crippen molar-refractivity contribution in [1.29, 1.82) is 0 Å². The molecule has 0 aliphatic rings. The Hall–Kier alpha value is -1.98. The fourth-order valence-electron chi connectivity index (χ4n) is 2.74. The van der Waals surface area contributed by atoms with Crippen LogP contribution in [0.15, 0.2) is 24.3 Å². The molecule has 0 fully saturated rings. The first-order valence-electron chi connectivity index (χ1n) is 8.04. The van der Waals surface area contributed by atoms with Gasteiger partial charge in [0.1, 0.15) is 16.5 Å². The Morgan fingerprint density at radius 3 is 2.38 bits per heavy atom. The highest BCUT2D eigenvalue weighted by molar-refractivity contribution is 7.19. The minimum Gasteiger partial charge on any atom is -0.394 e. The lowest BCUT2D eigenvalue weighted by Gasteiger charge is -2.25. The van der Waals surface area contributed by atoms with Crippen LogP contribution in [0.1, 0.15) is 30.1 Å². The lowest BCUT2D eigenvalue weighted by molar-refractivity contribution is 0.234. The third-order valence-electron chi connectivity index (χ3n) is 4.03. The van der Waals surface area contributed by atoms with E-state index in [0.717, 1.165) is 21.9 Å². The molecule has 0 unspecified atom stereocenters. The van der Waals surface area contributed by atoms with Gasteiger partial charge in [0.2, 0.25) is 0 Å². The second-order valence-corrected chi connectivity index (χ2v) is 8.07. The molecule has 126 valence electrons. The molecule has 0 saturated heterocycles. The van der Waals surface area contributed by atoms with E-state index < -0.39 is 5.54 Å². The molecule has 0 bridgehead atoms. The maximum absolute atomic E-state index is 9.62. The Labute approximate surface area is 146 Å². The van der Waals surface area contributed by atoms with E-state index in [9.17, 15) is 5.11 Å². The molecule has 1 aromatic carbocycles. The number of rotatable bonds is 4. The van der Waals surface area contributed by atoms with Gasteiger partial charge in [0.15, 0.2) is 0 Å². The molecule has 24 heavy (non-hydrogen) atoms. The summed E-state index contributed by atoms with van der Waals surface area (Å²) >= 11 is 1.69. The summed E-state index contributed by atoms with van der Waals surface area (Å²) in [6.07, 6.45) is 0. The number of thiophene rings is 1. The number of hydrogen-bond acceptors (Lipinski definition) is 5. The predicted octanol–water partition coefficient (Wildman–Crippen LogP) is 4.47. The van der Waals surface area contributed by atoms with Gasteiger partial charge in [0.05, 0.1) is 17.5 Å². The molecule has 0 radical (unpaired) electrons. The number of fused-ring (bicyclic) bond motifs is 1. The first-order chi connectivity index (χ1) is 11.3. The van der Waals surface area contributed by atoms with Gasteiger partial charge in [-0.05, 0) is 40.2 Å². The van der Waals surface area contributed by atoms with Crippen molar-refractivity contribution in [3.05, 3.63) is 40.5 Å². The van der Waals surface area contributed by atoms with Gasteiger partial charge in [-0.3, -0.25) is 0 Å². The highest BCUT2D eigenvalue weighted by Crippen LogP contribution is 2.41. The van der Waals surface area contributed by atoms with E-state index in [1.807, 2.05) is 20.8 Å². The van der Waals surface area contributed by atoms with E-state index in [1.54, 1.807) is 11.3 Å². The normalized spacial score (nSPS) is 11.9. The summed E-state index contributed by atoms with van der Waals surface area (Å²) in [6, 6.07) is 8.53. The zero-order valence-corrected chi connectivity index (χ0v) is 15.6. The molecule has 4 nitrogen and oxygen atoms in total. The van der Waals surface area contributed by atoms with Crippen molar-refractivity contribution >= 4 is 27.4 Å². The van der Waals surface area contributed by atoms with Gasteiger partial charge >= 0.3 is 0 Å². The van der Waals surface area contributed by atoms with Crippen molar-refractivity contribution in [2.45, 2.75) is 40.2 Å². The number of anilines is 1. The van der Waals surface area contributed by atoms with Crippen LogP contribution in [0.5, 0.6) is 0 Å². The standard InChI is InChI=1S/C19H23N3OS/c1-11-6-8-14(9-7-11)15-12(2)24-18-16(15)17(20-13(3)21-18)22-19(4,5)10-23/h6-9,23H,10H2,1-5H3,(H,20,21,22). The Morgan fingerprint density at radius 2 is 1.75 bits per heavy atom. The van der Waals surface area contributed by atoms with E-state index >= 15 is 0 Å². The van der Waals surface area contributed by atoms with Gasteiger partial charge in [-0.15, -0.1) is 11.3 Å². The van der Waals surface area contributed by atoms with Gasteiger partial charge in [-0.2, -0.15) is 0 Å². The summed E-state index contributed by atoms with van der Waals surface area (Å²) in [5.41, 5.74) is 3.13. The number of aliphatic hydroxyl groups is 1. The lowest BCUT2D eigenvalue weighted by atomic mass is 10.0. The Morgan fingerprint density at radius 1 is 1.08 bits per heavy atom. The van der Waals surface area contributed by atoms with Crippen LogP contribution >= 0.6 is 11.3 Å². The number of aryl methyl sites for hydroxylation is 3. The topological polar surface area (TPSA) is 58.0 Å². The van der Waals surface area contributed by atoms with Crippen LogP contribution in [0.4, 0.5) is 5.82 Å². The summed E-state index contributed by atoms with van der Waals surface area (Å²) in [4.78, 5) is 11.4. The molecule has 0 spiro atoms. The SMILES string of the molecule is Cc1ccc(-c2c(C)sc3nc(C)nc(NC(C)(C)CO)c23)cc1. The molecule has 0 amide bonds. The second kappa shape index (κ2) is 6.15. The van der Waals surface area contributed by atoms with Crippen molar-refractivity contribution in [1.82, 2.24) is 9.97 Å². The van der Waals surface area contributed by atoms with Crippen molar-refractivity contribution in [3.63, 3.8) is 0 Å². The van der Waals surface area contributed by atoms with Gasteiger partial charge in [0, 0.05) is 10.4 Å². The average molecular weight is 341 g/mol. The predicted molar refractivity (Wildman–Crippen MR) is 102 cm³/mol. The molecule has 0 saturated carbocycles. The monoisotopic (exact) mass is 341 g/mol. The third kappa shape index (κ3) is 3.14. The number of nitrogens with one attached hydrogen (secondary N) is 1. The van der Waals surface area contributed by atoms with Crippen molar-refractivity contribution in [2.24, 2.45) is 0 Å². The Bertz CT molecular complexity index is 882. The minimum absolute atomic E-state index is 0.0283. The van der Waals surface area contributed by atoms with Gasteiger partial charge in [-0.1, -0.05) is 29.8 Å². The van der Waals surface area contributed by atoms with E-state index in [1.165, 1.54) is 21.6 Å². The second-order valence-electron chi connectivity index (χ2n) is 6.87. The Kier molecular flexibility index (Phi) is 4.32. The molecule has 2 heterocycles. The number of benzene rings is 1. The first kappa shape index (κ1) is 16.9. The first-order valence-corrected chi connectivity index (χ1v) is 8.86. The number of nitrogens with zero attached hydrogens (tertiary/aromatic N) is 2. The number of aliphatic hydroxyl groups excluding tert-OH is 1. The number of hydrogen-bond donors (Lipinski definition) is 2. The maximum Gasteiger partial charge on any atom is 0.139 e. The van der Waals surface area contributed by atoms with E-state index in [2.05, 4.69) is 53.4 Å². The lowest BCUT2D eigenvalue weighted by Crippen LogP contribution is -2.35. The van der Waals surface area contributed by atoms with Crippen molar-refractivity contribution in [3.8, 4) is 11.1 Å². The molecule has 2 aromatic heterocycles. The molecule has 2 N–H and O–H groups in total. The zero-order valence-electron chi connectivity index (χ0n) is 14.8. The quantitative estimate of drug-likeness (QED) is 0.735. The summed E-state index contributed by atoms with van der Waals surface area (Å²) in [6.45, 7) is 10.1.